The van der Waals surface area contributed by atoms with Gasteiger partial charge in [0.1, 0.15) is 46.8 Å². The molecule has 6 rings (SSSR count). The number of alkyl carbamates (subject to hydrolysis) is 1. The van der Waals surface area contributed by atoms with Crippen molar-refractivity contribution in [1.29, 1.82) is 0 Å². The van der Waals surface area contributed by atoms with Crippen LogP contribution in [0.1, 0.15) is 85.1 Å². The lowest BCUT2D eigenvalue weighted by atomic mass is 9.83. The molecule has 446 valence electrons. The predicted molar refractivity (Wildman–Crippen MR) is 309 cm³/mol. The van der Waals surface area contributed by atoms with Crippen molar-refractivity contribution in [1.82, 2.24) is 31.5 Å². The summed E-state index contributed by atoms with van der Waals surface area (Å²) in [6.45, 7) is 9.88. The van der Waals surface area contributed by atoms with Crippen molar-refractivity contribution in [3.8, 4) is 5.75 Å². The van der Waals surface area contributed by atoms with E-state index >= 15 is 0 Å². The largest absolute Gasteiger partial charge is 0.495 e. The standard InChI is InChI=1S/C56H75ClN10O14S/c1-31(2)47(64-52(82)60-24-11-12-25-67-43(68)21-22-44(67)69)50(72)63-37(15-9-10-23-59-51(58)73)49(71)61-35-17-19-36(20-18-35)62-53(74)80-42-29-45(70)66(6)38-27-34(28-39(77-7)46(38)57)26-32(3)14-13-16-41(78-8)56(76)30-40(79-54(75)65-56)33(4)48-55(42,5)81-48/h13-14,16-22,27-28,31,33,37,40-42,47-48,76H,9-12,15,23-26,29-30H2,1-8H3,(H,61,71)(H,62,74)(H,63,72)(H,65,75)(H3,58,59,73)(H2,60,64,82)/b16-13+,32-14+/t33-,37+,40+,41-,42+,47+,48+,55+,56+/m1/s1. The summed E-state index contributed by atoms with van der Waals surface area (Å²) in [6.07, 6.45) is 3.96. The molecule has 26 heteroatoms. The van der Waals surface area contributed by atoms with Crippen molar-refractivity contribution in [3.05, 3.63) is 82.9 Å². The Bertz CT molecular complexity index is 2800. The number of urea groups is 1. The number of ether oxygens (including phenoxy) is 5. The lowest BCUT2D eigenvalue weighted by molar-refractivity contribution is -0.142. The van der Waals surface area contributed by atoms with Crippen molar-refractivity contribution in [2.75, 3.05) is 56.4 Å². The van der Waals surface area contributed by atoms with E-state index in [1.54, 1.807) is 45.2 Å². The highest BCUT2D eigenvalue weighted by Crippen LogP contribution is 2.49. The molecule has 4 bridgehead atoms. The van der Waals surface area contributed by atoms with Gasteiger partial charge in [-0.25, -0.2) is 14.4 Å². The van der Waals surface area contributed by atoms with E-state index in [1.165, 1.54) is 55.5 Å². The van der Waals surface area contributed by atoms with E-state index < -0.39 is 96.1 Å². The van der Waals surface area contributed by atoms with Crippen LogP contribution in [-0.4, -0.2) is 152 Å². The number of nitrogens with two attached hydrogens (primary N) is 1. The Hall–Kier alpha value is -7.32. The molecule has 0 radical (unpaired) electrons. The fourth-order valence-corrected chi connectivity index (χ4v) is 10.5. The molecule has 2 saturated heterocycles. The Labute approximate surface area is 486 Å². The number of thiocarbonyl (C=S) groups is 1. The van der Waals surface area contributed by atoms with E-state index in [1.807, 2.05) is 26.8 Å². The maximum absolute atomic E-state index is 14.4. The average molecular weight is 1180 g/mol. The molecule has 4 aliphatic heterocycles. The molecular formula is C56H75ClN10O14S. The van der Waals surface area contributed by atoms with E-state index in [9.17, 15) is 43.5 Å². The molecule has 4 heterocycles. The molecule has 24 nitrogen and oxygen atoms in total. The van der Waals surface area contributed by atoms with Gasteiger partial charge in [0, 0.05) is 69.7 Å². The zero-order chi connectivity index (χ0) is 60.1. The van der Waals surface area contributed by atoms with Gasteiger partial charge in [0.2, 0.25) is 17.7 Å². The first kappa shape index (κ1) is 63.9. The summed E-state index contributed by atoms with van der Waals surface area (Å²) in [5, 5.41) is 31.7. The second-order valence-electron chi connectivity index (χ2n) is 21.2. The molecule has 82 heavy (non-hydrogen) atoms. The van der Waals surface area contributed by atoms with Gasteiger partial charge in [-0.1, -0.05) is 56.2 Å². The minimum atomic E-state index is -1.89. The molecule has 0 aromatic heterocycles. The molecule has 2 aromatic rings. The number of hydrogen-bond donors (Lipinski definition) is 9. The van der Waals surface area contributed by atoms with E-state index in [0.29, 0.717) is 55.8 Å². The summed E-state index contributed by atoms with van der Waals surface area (Å²) in [7, 11) is 4.42. The maximum Gasteiger partial charge on any atom is 0.412 e. The number of primary amides is 1. The van der Waals surface area contributed by atoms with Gasteiger partial charge in [-0.15, -0.1) is 0 Å². The Morgan fingerprint density at radius 1 is 0.951 bits per heavy atom. The lowest BCUT2D eigenvalue weighted by Crippen LogP contribution is -2.63. The van der Waals surface area contributed by atoms with E-state index in [-0.39, 0.29) is 59.5 Å². The zero-order valence-corrected chi connectivity index (χ0v) is 48.8. The summed E-state index contributed by atoms with van der Waals surface area (Å²) in [4.78, 5) is 107. The van der Waals surface area contributed by atoms with Crippen LogP contribution < -0.4 is 52.6 Å². The van der Waals surface area contributed by atoms with E-state index in [4.69, 9.17) is 53.2 Å². The predicted octanol–water partition coefficient (Wildman–Crippen LogP) is 4.83. The van der Waals surface area contributed by atoms with Crippen molar-refractivity contribution in [2.45, 2.75) is 134 Å². The molecule has 4 aliphatic rings. The first-order chi connectivity index (χ1) is 38.9. The third kappa shape index (κ3) is 16.9. The van der Waals surface area contributed by atoms with Gasteiger partial charge in [-0.2, -0.15) is 0 Å². The number of epoxide rings is 1. The topological polar surface area (TPSA) is 323 Å². The fraction of sp³-hybridized carbons (Fsp3) is 0.518. The lowest BCUT2D eigenvalue weighted by Gasteiger charge is -2.42. The quantitative estimate of drug-likeness (QED) is 0.0371. The van der Waals surface area contributed by atoms with Crippen LogP contribution in [0.25, 0.3) is 0 Å². The van der Waals surface area contributed by atoms with Gasteiger partial charge < -0.3 is 66.0 Å². The number of nitrogens with one attached hydrogen (secondary N) is 7. The monoisotopic (exact) mass is 1180 g/mol. The van der Waals surface area contributed by atoms with Crippen LogP contribution in [0.2, 0.25) is 5.02 Å². The van der Waals surface area contributed by atoms with Crippen molar-refractivity contribution >= 4 is 93.7 Å². The number of carbonyl (C=O) groups excluding carboxylic acids is 8. The number of hydrogen-bond acceptors (Lipinski definition) is 15. The van der Waals surface area contributed by atoms with Crippen molar-refractivity contribution < 1.29 is 67.1 Å². The summed E-state index contributed by atoms with van der Waals surface area (Å²) < 4.78 is 29.4. The number of anilines is 3. The summed E-state index contributed by atoms with van der Waals surface area (Å²) in [5.41, 5.74) is 4.56. The molecule has 10 N–H and O–H groups in total. The van der Waals surface area contributed by atoms with Gasteiger partial charge in [-0.3, -0.25) is 39.5 Å². The normalized spacial score (nSPS) is 25.3. The van der Waals surface area contributed by atoms with Crippen molar-refractivity contribution in [2.24, 2.45) is 17.6 Å². The van der Waals surface area contributed by atoms with Gasteiger partial charge in [0.25, 0.3) is 11.8 Å². The van der Waals surface area contributed by atoms with E-state index in [2.05, 4.69) is 37.2 Å². The number of carbonyl (C=O) groups is 8. The maximum atomic E-state index is 14.4. The minimum absolute atomic E-state index is 0.108. The summed E-state index contributed by atoms with van der Waals surface area (Å²) in [6, 6.07) is 6.99. The average Bonchev–Trinajstić information content (AvgIpc) is 2.10. The van der Waals surface area contributed by atoms with Crippen LogP contribution in [0.15, 0.2) is 72.4 Å². The molecule has 0 unspecified atom stereocenters. The van der Waals surface area contributed by atoms with Crippen LogP contribution in [0, 0.1) is 11.8 Å². The molecule has 9 atom stereocenters. The number of imide groups is 1. The number of aliphatic hydroxyl groups is 1. The van der Waals surface area contributed by atoms with Gasteiger partial charge in [0.15, 0.2) is 10.8 Å². The number of halogens is 1. The number of rotatable bonds is 20. The smallest absolute Gasteiger partial charge is 0.412 e. The van der Waals surface area contributed by atoms with Crippen LogP contribution in [-0.2, 0) is 49.3 Å². The highest BCUT2D eigenvalue weighted by atomic mass is 35.5. The highest BCUT2D eigenvalue weighted by Gasteiger charge is 2.64. The number of amides is 9. The molecule has 0 saturated carbocycles. The zero-order valence-electron chi connectivity index (χ0n) is 47.3. The van der Waals surface area contributed by atoms with Crippen LogP contribution >= 0.6 is 23.8 Å². The second kappa shape index (κ2) is 28.6. The number of fused-ring (bicyclic) bond motifs is 5. The number of allylic oxidation sites excluding steroid dienone is 3. The molecule has 0 aliphatic carbocycles. The number of methoxy groups -OCH3 is 2. The Morgan fingerprint density at radius 3 is 2.26 bits per heavy atom. The minimum Gasteiger partial charge on any atom is -0.495 e. The van der Waals surface area contributed by atoms with Gasteiger partial charge in [0.05, 0.1) is 25.3 Å². The van der Waals surface area contributed by atoms with E-state index in [0.717, 1.165) is 16.0 Å². The van der Waals surface area contributed by atoms with Gasteiger partial charge >= 0.3 is 18.2 Å². The molecule has 9 amide bonds. The van der Waals surface area contributed by atoms with Crippen LogP contribution in [0.5, 0.6) is 5.75 Å². The summed E-state index contributed by atoms with van der Waals surface area (Å²) in [5.74, 6) is -2.83. The first-order valence-corrected chi connectivity index (χ1v) is 27.8. The number of benzene rings is 2. The number of nitrogens with zero attached hydrogens (tertiary/aromatic N) is 2. The first-order valence-electron chi connectivity index (χ1n) is 27.0. The number of unbranched alkanes of at least 4 members (excludes halogenated alkanes) is 2. The molecular weight excluding hydrogens is 1100 g/mol. The summed E-state index contributed by atoms with van der Waals surface area (Å²) >= 11 is 12.3. The highest BCUT2D eigenvalue weighted by molar-refractivity contribution is 7.80. The Balaban J connectivity index is 1.15. The molecule has 2 fully saturated rings. The van der Waals surface area contributed by atoms with Crippen LogP contribution in [0.4, 0.5) is 31.4 Å². The SMILES string of the molecule is COc1cc2cc(c1Cl)N(C)C(=O)C[C@H](OC(=O)Nc1ccc(NC(=O)[C@H](CCCCNC(N)=O)NC(=O)[C@@H](NC(=S)NCCCCN3C(=O)C=CC3=O)C(C)C)cc1)[C@]1(C)O[C@H]1[C@H](C)[C@@H]1C[C@@](O)(NC(=O)O1)[C@H](OC)/C=C/C=C(\C)C2. The van der Waals surface area contributed by atoms with Crippen molar-refractivity contribution in [3.63, 3.8) is 0 Å². The third-order valence-electron chi connectivity index (χ3n) is 14.7. The third-order valence-corrected chi connectivity index (χ3v) is 15.3. The Kier molecular flexibility index (Phi) is 22.3. The Morgan fingerprint density at radius 2 is 1.61 bits per heavy atom. The fourth-order valence-electron chi connectivity index (χ4n) is 9.94. The molecule has 0 spiro atoms. The van der Waals surface area contributed by atoms with Gasteiger partial charge in [-0.05, 0) is 112 Å². The second-order valence-corrected chi connectivity index (χ2v) is 22.0. The molecule has 2 aromatic carbocycles. The van der Waals surface area contributed by atoms with Crippen LogP contribution in [0.3, 0.4) is 0 Å².